The summed E-state index contributed by atoms with van der Waals surface area (Å²) >= 11 is 5.87. The number of nitrogens with zero attached hydrogens (tertiary/aromatic N) is 2. The predicted molar refractivity (Wildman–Crippen MR) is 84.8 cm³/mol. The van der Waals surface area contributed by atoms with Crippen molar-refractivity contribution in [2.24, 2.45) is 10.9 Å². The Morgan fingerprint density at radius 2 is 2.09 bits per heavy atom. The number of nitro groups is 1. The van der Waals surface area contributed by atoms with Gasteiger partial charge in [0, 0.05) is 27.8 Å². The lowest BCUT2D eigenvalue weighted by Crippen LogP contribution is -2.13. The Morgan fingerprint density at radius 3 is 2.77 bits per heavy atom. The Kier molecular flexibility index (Phi) is 4.95. The van der Waals surface area contributed by atoms with Crippen molar-refractivity contribution < 1.29 is 9.76 Å². The standard InChI is InChI=1S/C15H14ClN3O3/c1-10-12(5-3-7-14(10)19(20)21)9-22-18-15(17)11-4-2-6-13(16)8-11/h2-8H,9H2,1H3,(H2,17,18). The van der Waals surface area contributed by atoms with Gasteiger partial charge in [-0.3, -0.25) is 10.1 Å². The molecule has 0 bridgehead atoms. The van der Waals surface area contributed by atoms with E-state index in [4.69, 9.17) is 22.2 Å². The summed E-state index contributed by atoms with van der Waals surface area (Å²) in [5, 5.41) is 15.2. The molecule has 0 unspecified atom stereocenters. The van der Waals surface area contributed by atoms with Gasteiger partial charge in [-0.25, -0.2) is 0 Å². The molecule has 2 N–H and O–H groups in total. The van der Waals surface area contributed by atoms with E-state index >= 15 is 0 Å². The molecule has 0 radical (unpaired) electrons. The fourth-order valence-electron chi connectivity index (χ4n) is 1.90. The van der Waals surface area contributed by atoms with Crippen molar-refractivity contribution in [2.75, 3.05) is 0 Å². The van der Waals surface area contributed by atoms with E-state index in [1.807, 2.05) is 0 Å². The summed E-state index contributed by atoms with van der Waals surface area (Å²) in [6.07, 6.45) is 0. The van der Waals surface area contributed by atoms with Crippen LogP contribution in [0.3, 0.4) is 0 Å². The van der Waals surface area contributed by atoms with Crippen LogP contribution in [0.25, 0.3) is 0 Å². The van der Waals surface area contributed by atoms with Crippen molar-refractivity contribution in [1.29, 1.82) is 0 Å². The first-order chi connectivity index (χ1) is 10.5. The number of hydrogen-bond donors (Lipinski definition) is 1. The molecule has 0 aliphatic heterocycles. The van der Waals surface area contributed by atoms with E-state index in [0.717, 1.165) is 0 Å². The highest BCUT2D eigenvalue weighted by Crippen LogP contribution is 2.21. The van der Waals surface area contributed by atoms with E-state index in [2.05, 4.69) is 5.16 Å². The Bertz CT molecular complexity index is 732. The summed E-state index contributed by atoms with van der Waals surface area (Å²) in [6, 6.07) is 11.7. The van der Waals surface area contributed by atoms with Gasteiger partial charge in [-0.05, 0) is 19.1 Å². The second kappa shape index (κ2) is 6.91. The molecular weight excluding hydrogens is 306 g/mol. The van der Waals surface area contributed by atoms with Gasteiger partial charge in [0.05, 0.1) is 4.92 Å². The molecule has 114 valence electrons. The van der Waals surface area contributed by atoms with E-state index in [0.29, 0.717) is 21.7 Å². The minimum absolute atomic E-state index is 0.0490. The molecule has 0 spiro atoms. The highest BCUT2D eigenvalue weighted by Gasteiger charge is 2.13. The average molecular weight is 320 g/mol. The molecule has 0 atom stereocenters. The number of nitrogens with two attached hydrogens (primary N) is 1. The molecule has 6 nitrogen and oxygen atoms in total. The second-order valence-corrected chi connectivity index (χ2v) is 5.02. The molecule has 7 heteroatoms. The van der Waals surface area contributed by atoms with Crippen LogP contribution in [0, 0.1) is 17.0 Å². The maximum absolute atomic E-state index is 10.9. The average Bonchev–Trinajstić information content (AvgIpc) is 2.48. The predicted octanol–water partition coefficient (Wildman–Crippen LogP) is 3.39. The van der Waals surface area contributed by atoms with E-state index < -0.39 is 4.92 Å². The molecular formula is C15H14ClN3O3. The summed E-state index contributed by atoms with van der Waals surface area (Å²) in [5.41, 5.74) is 7.72. The number of amidine groups is 1. The zero-order valence-corrected chi connectivity index (χ0v) is 12.6. The third-order valence-electron chi connectivity index (χ3n) is 3.12. The number of rotatable bonds is 5. The number of halogens is 1. The fourth-order valence-corrected chi connectivity index (χ4v) is 2.09. The lowest BCUT2D eigenvalue weighted by Gasteiger charge is -2.06. The zero-order chi connectivity index (χ0) is 16.1. The van der Waals surface area contributed by atoms with Crippen molar-refractivity contribution in [2.45, 2.75) is 13.5 Å². The maximum atomic E-state index is 10.9. The van der Waals surface area contributed by atoms with Gasteiger partial charge >= 0.3 is 0 Å². The van der Waals surface area contributed by atoms with E-state index in [1.54, 1.807) is 43.3 Å². The van der Waals surface area contributed by atoms with Crippen LogP contribution in [-0.4, -0.2) is 10.8 Å². The second-order valence-electron chi connectivity index (χ2n) is 4.58. The minimum Gasteiger partial charge on any atom is -0.389 e. The SMILES string of the molecule is Cc1c(CO/N=C(/N)c2cccc(Cl)c2)cccc1[N+](=O)[O-]. The smallest absolute Gasteiger partial charge is 0.272 e. The molecule has 0 heterocycles. The Labute approximate surface area is 132 Å². The Balaban J connectivity index is 2.09. The summed E-state index contributed by atoms with van der Waals surface area (Å²) in [7, 11) is 0. The van der Waals surface area contributed by atoms with Crippen molar-refractivity contribution in [3.8, 4) is 0 Å². The van der Waals surface area contributed by atoms with Gasteiger partial charge in [0.25, 0.3) is 5.69 Å². The largest absolute Gasteiger partial charge is 0.389 e. The molecule has 0 aromatic heterocycles. The lowest BCUT2D eigenvalue weighted by atomic mass is 10.1. The first-order valence-electron chi connectivity index (χ1n) is 6.43. The zero-order valence-electron chi connectivity index (χ0n) is 11.8. The lowest BCUT2D eigenvalue weighted by molar-refractivity contribution is -0.385. The van der Waals surface area contributed by atoms with Crippen LogP contribution in [0.1, 0.15) is 16.7 Å². The molecule has 0 fully saturated rings. The van der Waals surface area contributed by atoms with Crippen LogP contribution >= 0.6 is 11.6 Å². The molecule has 0 amide bonds. The van der Waals surface area contributed by atoms with Crippen LogP contribution < -0.4 is 5.73 Å². The highest BCUT2D eigenvalue weighted by atomic mass is 35.5. The van der Waals surface area contributed by atoms with E-state index in [-0.39, 0.29) is 18.1 Å². The number of hydrogen-bond acceptors (Lipinski definition) is 4. The van der Waals surface area contributed by atoms with Crippen LogP contribution in [0.4, 0.5) is 5.69 Å². The maximum Gasteiger partial charge on any atom is 0.272 e. The summed E-state index contributed by atoms with van der Waals surface area (Å²) < 4.78 is 0. The van der Waals surface area contributed by atoms with Gasteiger partial charge in [-0.15, -0.1) is 0 Å². The normalized spacial score (nSPS) is 11.3. The van der Waals surface area contributed by atoms with Crippen molar-refractivity contribution in [3.05, 3.63) is 74.3 Å². The molecule has 0 aliphatic rings. The third-order valence-corrected chi connectivity index (χ3v) is 3.35. The van der Waals surface area contributed by atoms with Gasteiger partial charge in [-0.2, -0.15) is 0 Å². The van der Waals surface area contributed by atoms with Gasteiger partial charge in [0.1, 0.15) is 6.61 Å². The van der Waals surface area contributed by atoms with Crippen LogP contribution in [0.2, 0.25) is 5.02 Å². The third kappa shape index (κ3) is 3.73. The molecule has 22 heavy (non-hydrogen) atoms. The minimum atomic E-state index is -0.428. The van der Waals surface area contributed by atoms with Crippen molar-refractivity contribution in [1.82, 2.24) is 0 Å². The molecule has 2 aromatic carbocycles. The molecule has 0 saturated heterocycles. The topological polar surface area (TPSA) is 90.8 Å². The summed E-state index contributed by atoms with van der Waals surface area (Å²) in [4.78, 5) is 15.6. The van der Waals surface area contributed by atoms with E-state index in [9.17, 15) is 10.1 Å². The molecule has 2 rings (SSSR count). The van der Waals surface area contributed by atoms with Gasteiger partial charge in [0.2, 0.25) is 0 Å². The summed E-state index contributed by atoms with van der Waals surface area (Å²) in [5.74, 6) is 0.186. The van der Waals surface area contributed by atoms with Crippen LogP contribution in [0.5, 0.6) is 0 Å². The van der Waals surface area contributed by atoms with Gasteiger partial charge < -0.3 is 10.6 Å². The Morgan fingerprint density at radius 1 is 1.36 bits per heavy atom. The van der Waals surface area contributed by atoms with Crippen molar-refractivity contribution >= 4 is 23.1 Å². The molecule has 0 aliphatic carbocycles. The summed E-state index contributed by atoms with van der Waals surface area (Å²) in [6.45, 7) is 1.76. The molecule has 0 saturated carbocycles. The highest BCUT2D eigenvalue weighted by molar-refractivity contribution is 6.31. The first kappa shape index (κ1) is 15.8. The number of benzene rings is 2. The number of oxime groups is 1. The quantitative estimate of drug-likeness (QED) is 0.396. The van der Waals surface area contributed by atoms with Gasteiger partial charge in [0.15, 0.2) is 5.84 Å². The monoisotopic (exact) mass is 319 g/mol. The number of nitro benzene ring substituents is 1. The first-order valence-corrected chi connectivity index (χ1v) is 6.81. The Hall–Kier alpha value is -2.60. The van der Waals surface area contributed by atoms with E-state index in [1.165, 1.54) is 6.07 Å². The van der Waals surface area contributed by atoms with Gasteiger partial charge in [-0.1, -0.05) is 41.0 Å². The van der Waals surface area contributed by atoms with Crippen molar-refractivity contribution in [3.63, 3.8) is 0 Å². The van der Waals surface area contributed by atoms with Crippen LogP contribution in [-0.2, 0) is 11.4 Å². The molecule has 2 aromatic rings. The fraction of sp³-hybridized carbons (Fsp3) is 0.133. The van der Waals surface area contributed by atoms with Crippen LogP contribution in [0.15, 0.2) is 47.6 Å².